The van der Waals surface area contributed by atoms with E-state index in [1.165, 1.54) is 0 Å². The summed E-state index contributed by atoms with van der Waals surface area (Å²) in [7, 11) is 8.35. The highest BCUT2D eigenvalue weighted by Gasteiger charge is 2.68. The number of hydrogen-bond donors (Lipinski definition) is 0. The van der Waals surface area contributed by atoms with Crippen molar-refractivity contribution < 1.29 is 19.2 Å². The summed E-state index contributed by atoms with van der Waals surface area (Å²) in [6, 6.07) is 47.7. The van der Waals surface area contributed by atoms with Crippen LogP contribution in [0.25, 0.3) is 0 Å². The van der Waals surface area contributed by atoms with Gasteiger partial charge in [-0.05, 0) is 135 Å². The Morgan fingerprint density at radius 1 is 0.487 bits per heavy atom. The van der Waals surface area contributed by atoms with Gasteiger partial charge in [0.1, 0.15) is 0 Å². The molecule has 12 nitrogen and oxygen atoms in total. The van der Waals surface area contributed by atoms with E-state index in [1.807, 2.05) is 153 Å². The Kier molecular flexibility index (Phi) is 15.4. The average molecular weight is 1090 g/mol. The van der Waals surface area contributed by atoms with Gasteiger partial charge in [0.05, 0.1) is 23.9 Å². The van der Waals surface area contributed by atoms with Crippen LogP contribution in [0.1, 0.15) is 78.8 Å². The lowest BCUT2D eigenvalue weighted by atomic mass is 9.92. The molecule has 4 aliphatic heterocycles. The zero-order valence-electron chi connectivity index (χ0n) is 45.3. The van der Waals surface area contributed by atoms with Crippen LogP contribution >= 0.6 is 23.2 Å². The van der Waals surface area contributed by atoms with Crippen LogP contribution in [0.4, 0.5) is 11.4 Å². The SMILES string of the molecule is CN(C)CCN1CCN(C(=O)c2cccc(CN3C(=O)[C@@]4(C[C@H]4c4ccc(Cl)cc4)c4ccccc43)c2)CC1.CN(C)CCN1CCN(C(=O)c2cccc(CN3C(=O)[C@]4(C[C@@H]4c4ccc(Cl)cc4)c4ccccc43)c2)CC1. The Hall–Kier alpha value is -6.38. The summed E-state index contributed by atoms with van der Waals surface area (Å²) in [5.41, 5.74) is 8.76. The van der Waals surface area contributed by atoms with E-state index in [9.17, 15) is 19.2 Å². The maximum atomic E-state index is 14.0. The molecule has 0 aromatic heterocycles. The minimum absolute atomic E-state index is 0.0683. The van der Waals surface area contributed by atoms with Gasteiger partial charge in [0, 0.05) is 123 Å². The fourth-order valence-electron chi connectivity index (χ4n) is 12.6. The summed E-state index contributed by atoms with van der Waals surface area (Å²) >= 11 is 12.2. The molecule has 12 rings (SSSR count). The number of halogens is 2. The zero-order valence-corrected chi connectivity index (χ0v) is 46.8. The number of piperazine rings is 2. The Morgan fingerprint density at radius 3 is 1.23 bits per heavy atom. The zero-order chi connectivity index (χ0) is 54.3. The number of carbonyl (C=O) groups is 4. The summed E-state index contributed by atoms with van der Waals surface area (Å²) in [6.07, 6.45) is 1.61. The van der Waals surface area contributed by atoms with Gasteiger partial charge in [-0.1, -0.05) is 108 Å². The molecule has 6 aliphatic rings. The second-order valence-corrected chi connectivity index (χ2v) is 23.5. The summed E-state index contributed by atoms with van der Waals surface area (Å²) < 4.78 is 0. The van der Waals surface area contributed by atoms with Gasteiger partial charge in [0.25, 0.3) is 11.8 Å². The quantitative estimate of drug-likeness (QED) is 0.107. The van der Waals surface area contributed by atoms with E-state index in [-0.39, 0.29) is 35.5 Å². The predicted octanol–water partition coefficient (Wildman–Crippen LogP) is 9.26. The molecule has 0 radical (unpaired) electrons. The summed E-state index contributed by atoms with van der Waals surface area (Å²) in [6.45, 7) is 11.5. The first-order chi connectivity index (χ1) is 37.7. The van der Waals surface area contributed by atoms with Crippen LogP contribution < -0.4 is 9.80 Å². The summed E-state index contributed by atoms with van der Waals surface area (Å²) in [5.74, 6) is 0.733. The third-order valence-corrected chi connectivity index (χ3v) is 17.7. The first-order valence-electron chi connectivity index (χ1n) is 27.6. The number of amides is 4. The molecule has 2 saturated carbocycles. The Balaban J connectivity index is 0.000000165. The Morgan fingerprint density at radius 2 is 0.859 bits per heavy atom. The van der Waals surface area contributed by atoms with Crippen LogP contribution in [-0.2, 0) is 33.5 Å². The normalized spacial score (nSPS) is 22.6. The number of anilines is 2. The number of rotatable bonds is 14. The van der Waals surface area contributed by atoms with Crippen molar-refractivity contribution >= 4 is 58.2 Å². The fourth-order valence-corrected chi connectivity index (χ4v) is 12.8. The standard InChI is InChI=1S/2C32H35ClN4O2/c2*1-34(2)14-15-35-16-18-36(19-17-35)30(38)25-7-5-6-23(20-25)22-37-29-9-4-3-8-27(29)32(31(37)39)21-28(32)24-10-12-26(33)13-11-24/h2*3-13,20,28H,14-19,21-22H2,1-2H3/t2*28-,32-/m10/s1. The van der Waals surface area contributed by atoms with Crippen LogP contribution in [0, 0.1) is 0 Å². The molecule has 14 heteroatoms. The third-order valence-electron chi connectivity index (χ3n) is 17.1. The van der Waals surface area contributed by atoms with Crippen molar-refractivity contribution in [2.45, 2.75) is 48.6 Å². The monoisotopic (exact) mass is 1080 g/mol. The van der Waals surface area contributed by atoms with Gasteiger partial charge in [-0.25, -0.2) is 0 Å². The van der Waals surface area contributed by atoms with Crippen molar-refractivity contribution in [3.63, 3.8) is 0 Å². The molecule has 2 aliphatic carbocycles. The molecule has 4 fully saturated rings. The van der Waals surface area contributed by atoms with E-state index in [2.05, 4.69) is 59.9 Å². The number of fused-ring (bicyclic) bond motifs is 4. The maximum absolute atomic E-state index is 14.0. The molecule has 0 bridgehead atoms. The van der Waals surface area contributed by atoms with E-state index in [4.69, 9.17) is 23.2 Å². The molecule has 2 saturated heterocycles. The molecule has 78 heavy (non-hydrogen) atoms. The molecule has 0 unspecified atom stereocenters. The van der Waals surface area contributed by atoms with Crippen molar-refractivity contribution in [1.82, 2.24) is 29.4 Å². The van der Waals surface area contributed by atoms with Gasteiger partial charge in [-0.15, -0.1) is 0 Å². The highest BCUT2D eigenvalue weighted by atomic mass is 35.5. The molecule has 6 aromatic carbocycles. The highest BCUT2D eigenvalue weighted by molar-refractivity contribution is 6.30. The van der Waals surface area contributed by atoms with Gasteiger partial charge in [-0.2, -0.15) is 0 Å². The molecule has 2 spiro atoms. The van der Waals surface area contributed by atoms with Crippen LogP contribution in [-0.4, -0.2) is 160 Å². The third kappa shape index (κ3) is 10.6. The van der Waals surface area contributed by atoms with Crippen molar-refractivity contribution in [3.05, 3.63) is 200 Å². The van der Waals surface area contributed by atoms with E-state index >= 15 is 0 Å². The Bertz CT molecular complexity index is 2980. The molecule has 404 valence electrons. The van der Waals surface area contributed by atoms with Gasteiger partial charge in [-0.3, -0.25) is 29.0 Å². The largest absolute Gasteiger partial charge is 0.336 e. The lowest BCUT2D eigenvalue weighted by Crippen LogP contribution is -2.50. The van der Waals surface area contributed by atoms with E-state index in [0.29, 0.717) is 34.3 Å². The van der Waals surface area contributed by atoms with Crippen LogP contribution in [0.3, 0.4) is 0 Å². The van der Waals surface area contributed by atoms with Crippen LogP contribution in [0.2, 0.25) is 10.0 Å². The fraction of sp³-hybridized carbons (Fsp3) is 0.375. The van der Waals surface area contributed by atoms with E-state index in [1.54, 1.807) is 0 Å². The van der Waals surface area contributed by atoms with Gasteiger partial charge < -0.3 is 29.4 Å². The van der Waals surface area contributed by atoms with Crippen LogP contribution in [0.15, 0.2) is 146 Å². The predicted molar refractivity (Wildman–Crippen MR) is 311 cm³/mol. The smallest absolute Gasteiger partial charge is 0.253 e. The molecule has 0 N–H and O–H groups in total. The maximum Gasteiger partial charge on any atom is 0.253 e. The van der Waals surface area contributed by atoms with Gasteiger partial charge in [0.2, 0.25) is 11.8 Å². The van der Waals surface area contributed by atoms with Crippen molar-refractivity contribution in [3.8, 4) is 0 Å². The second-order valence-electron chi connectivity index (χ2n) is 22.7. The number of nitrogens with zero attached hydrogens (tertiary/aromatic N) is 8. The number of carbonyl (C=O) groups excluding carboxylic acids is 4. The topological polar surface area (TPSA) is 94.2 Å². The van der Waals surface area contributed by atoms with Crippen molar-refractivity contribution in [2.75, 3.05) is 117 Å². The number of para-hydroxylation sites is 2. The Labute approximate surface area is 469 Å². The highest BCUT2D eigenvalue weighted by Crippen LogP contribution is 2.67. The van der Waals surface area contributed by atoms with Crippen molar-refractivity contribution in [1.29, 1.82) is 0 Å². The number of hydrogen-bond acceptors (Lipinski definition) is 8. The lowest BCUT2D eigenvalue weighted by molar-refractivity contribution is -0.121. The average Bonchev–Trinajstić information content (AvgIpc) is 4.55. The minimum atomic E-state index is -0.510. The number of benzene rings is 6. The summed E-state index contributed by atoms with van der Waals surface area (Å²) in [4.78, 5) is 71.7. The molecule has 4 atom stereocenters. The molecular weight excluding hydrogens is 1020 g/mol. The molecular formula is C64H70Cl2N8O4. The van der Waals surface area contributed by atoms with E-state index in [0.717, 1.165) is 136 Å². The van der Waals surface area contributed by atoms with Gasteiger partial charge in [0.15, 0.2) is 0 Å². The second kappa shape index (κ2) is 22.4. The first kappa shape index (κ1) is 53.6. The molecule has 4 heterocycles. The van der Waals surface area contributed by atoms with E-state index < -0.39 is 10.8 Å². The number of likely N-dealkylation sites (N-methyl/N-ethyl adjacent to an activating group) is 2. The van der Waals surface area contributed by atoms with Gasteiger partial charge >= 0.3 is 0 Å². The molecule has 4 amide bonds. The summed E-state index contributed by atoms with van der Waals surface area (Å²) in [5, 5.41) is 1.41. The van der Waals surface area contributed by atoms with Crippen LogP contribution in [0.5, 0.6) is 0 Å². The molecule has 6 aromatic rings. The lowest BCUT2D eigenvalue weighted by Gasteiger charge is -2.35. The minimum Gasteiger partial charge on any atom is -0.336 e. The first-order valence-corrected chi connectivity index (χ1v) is 28.3. The van der Waals surface area contributed by atoms with Crippen molar-refractivity contribution in [2.24, 2.45) is 0 Å².